The minimum absolute atomic E-state index is 0.450. The van der Waals surface area contributed by atoms with Gasteiger partial charge in [-0.2, -0.15) is 0 Å². The van der Waals surface area contributed by atoms with Gasteiger partial charge in [-0.1, -0.05) is 0 Å². The van der Waals surface area contributed by atoms with E-state index in [2.05, 4.69) is 27.5 Å². The molecule has 0 saturated heterocycles. The second-order valence-electron chi connectivity index (χ2n) is 5.86. The summed E-state index contributed by atoms with van der Waals surface area (Å²) in [5.74, 6) is 4.25. The van der Waals surface area contributed by atoms with Gasteiger partial charge in [0.25, 0.3) is 0 Å². The van der Waals surface area contributed by atoms with Crippen molar-refractivity contribution in [3.05, 3.63) is 11.9 Å². The molecule has 110 valence electrons. The van der Waals surface area contributed by atoms with Crippen LogP contribution in [0, 0.1) is 11.8 Å². The lowest BCUT2D eigenvalue weighted by molar-refractivity contribution is 0.178. The molecule has 0 atom stereocenters. The number of hydrogen-bond acceptors (Lipinski definition) is 5. The van der Waals surface area contributed by atoms with Gasteiger partial charge in [0.15, 0.2) is 5.82 Å². The van der Waals surface area contributed by atoms with Crippen LogP contribution in [0.25, 0.3) is 0 Å². The quantitative estimate of drug-likeness (QED) is 0.764. The zero-order valence-corrected chi connectivity index (χ0v) is 12.4. The van der Waals surface area contributed by atoms with Gasteiger partial charge in [-0.3, -0.25) is 0 Å². The van der Waals surface area contributed by atoms with Crippen LogP contribution in [0.5, 0.6) is 0 Å². The monoisotopic (exact) mass is 276 g/mol. The Bertz CT molecular complexity index is 421. The van der Waals surface area contributed by atoms with Crippen molar-refractivity contribution >= 4 is 11.6 Å². The molecule has 5 nitrogen and oxygen atoms in total. The van der Waals surface area contributed by atoms with E-state index in [0.717, 1.165) is 35.8 Å². The number of aromatic nitrogens is 2. The third kappa shape index (κ3) is 3.39. The molecule has 0 unspecified atom stereocenters. The van der Waals surface area contributed by atoms with Crippen molar-refractivity contribution in [2.45, 2.75) is 45.3 Å². The molecular formula is C15H24N4O. The summed E-state index contributed by atoms with van der Waals surface area (Å²) < 4.78 is 5.16. The van der Waals surface area contributed by atoms with Gasteiger partial charge >= 0.3 is 0 Å². The molecule has 0 spiro atoms. The van der Waals surface area contributed by atoms with E-state index in [4.69, 9.17) is 4.74 Å². The molecule has 2 saturated carbocycles. The summed E-state index contributed by atoms with van der Waals surface area (Å²) in [6, 6.07) is 2.62. The molecule has 20 heavy (non-hydrogen) atoms. The molecule has 5 heteroatoms. The van der Waals surface area contributed by atoms with Gasteiger partial charge in [-0.25, -0.2) is 9.97 Å². The zero-order chi connectivity index (χ0) is 13.9. The Hall–Kier alpha value is -1.36. The summed E-state index contributed by atoms with van der Waals surface area (Å²) in [4.78, 5) is 9.03. The van der Waals surface area contributed by atoms with Crippen LogP contribution in [0.2, 0.25) is 0 Å². The second-order valence-corrected chi connectivity index (χ2v) is 5.86. The average molecular weight is 276 g/mol. The van der Waals surface area contributed by atoms with Gasteiger partial charge < -0.3 is 15.4 Å². The third-order valence-corrected chi connectivity index (χ3v) is 3.98. The third-order valence-electron chi connectivity index (χ3n) is 3.98. The van der Waals surface area contributed by atoms with E-state index in [1.54, 1.807) is 7.11 Å². The van der Waals surface area contributed by atoms with Crippen LogP contribution in [0.3, 0.4) is 0 Å². The molecule has 1 aromatic heterocycles. The summed E-state index contributed by atoms with van der Waals surface area (Å²) in [5, 5.41) is 6.92. The second kappa shape index (κ2) is 5.95. The van der Waals surface area contributed by atoms with Crippen LogP contribution < -0.4 is 10.6 Å². The molecule has 1 aromatic rings. The highest BCUT2D eigenvalue weighted by Gasteiger charge is 2.41. The first-order chi connectivity index (χ1) is 9.80. The van der Waals surface area contributed by atoms with Gasteiger partial charge in [0.1, 0.15) is 18.2 Å². The number of rotatable bonds is 8. The van der Waals surface area contributed by atoms with E-state index in [0.29, 0.717) is 12.6 Å². The zero-order valence-electron chi connectivity index (χ0n) is 12.4. The Labute approximate surface area is 120 Å². The normalized spacial score (nSPS) is 18.4. The SMILES string of the molecule is CCNc1cc(NC(C2CC2)C2CC2)nc(COC)n1. The van der Waals surface area contributed by atoms with Gasteiger partial charge in [-0.15, -0.1) is 0 Å². The van der Waals surface area contributed by atoms with Gasteiger partial charge in [-0.05, 0) is 44.4 Å². The lowest BCUT2D eigenvalue weighted by Crippen LogP contribution is -2.25. The van der Waals surface area contributed by atoms with E-state index in [1.807, 2.05) is 6.07 Å². The summed E-state index contributed by atoms with van der Waals surface area (Å²) in [6.45, 7) is 3.38. The minimum atomic E-state index is 0.450. The van der Waals surface area contributed by atoms with Gasteiger partial charge in [0.2, 0.25) is 0 Å². The van der Waals surface area contributed by atoms with Crippen molar-refractivity contribution < 1.29 is 4.74 Å². The number of ether oxygens (including phenoxy) is 1. The predicted molar refractivity (Wildman–Crippen MR) is 79.8 cm³/mol. The maximum atomic E-state index is 5.16. The first-order valence-electron chi connectivity index (χ1n) is 7.67. The van der Waals surface area contributed by atoms with Crippen molar-refractivity contribution in [3.8, 4) is 0 Å². The number of nitrogens with zero attached hydrogens (tertiary/aromatic N) is 2. The summed E-state index contributed by atoms with van der Waals surface area (Å²) in [7, 11) is 1.67. The highest BCUT2D eigenvalue weighted by molar-refractivity contribution is 5.48. The Balaban J connectivity index is 1.75. The van der Waals surface area contributed by atoms with E-state index >= 15 is 0 Å². The molecule has 0 bridgehead atoms. The molecule has 3 rings (SSSR count). The Kier molecular flexibility index (Phi) is 4.05. The number of anilines is 2. The van der Waals surface area contributed by atoms with Crippen LogP contribution in [0.4, 0.5) is 11.6 Å². The molecule has 2 N–H and O–H groups in total. The largest absolute Gasteiger partial charge is 0.377 e. The lowest BCUT2D eigenvalue weighted by atomic mass is 10.1. The van der Waals surface area contributed by atoms with E-state index in [1.165, 1.54) is 25.7 Å². The van der Waals surface area contributed by atoms with Crippen molar-refractivity contribution in [1.82, 2.24) is 9.97 Å². The van der Waals surface area contributed by atoms with Crippen LogP contribution in [-0.2, 0) is 11.3 Å². The van der Waals surface area contributed by atoms with Crippen LogP contribution in [0.1, 0.15) is 38.4 Å². The van der Waals surface area contributed by atoms with Crippen molar-refractivity contribution in [3.63, 3.8) is 0 Å². The first kappa shape index (κ1) is 13.6. The van der Waals surface area contributed by atoms with Crippen molar-refractivity contribution in [1.29, 1.82) is 0 Å². The lowest BCUT2D eigenvalue weighted by Gasteiger charge is -2.19. The molecule has 0 aliphatic heterocycles. The van der Waals surface area contributed by atoms with E-state index < -0.39 is 0 Å². The van der Waals surface area contributed by atoms with E-state index in [-0.39, 0.29) is 0 Å². The molecule has 0 amide bonds. The number of hydrogen-bond donors (Lipinski definition) is 2. The topological polar surface area (TPSA) is 59.1 Å². The summed E-state index contributed by atoms with van der Waals surface area (Å²) in [5.41, 5.74) is 0. The maximum absolute atomic E-state index is 5.16. The van der Waals surface area contributed by atoms with E-state index in [9.17, 15) is 0 Å². The fraction of sp³-hybridized carbons (Fsp3) is 0.733. The van der Waals surface area contributed by atoms with Crippen molar-refractivity contribution in [2.75, 3.05) is 24.3 Å². The molecular weight excluding hydrogens is 252 g/mol. The smallest absolute Gasteiger partial charge is 0.158 e. The first-order valence-corrected chi connectivity index (χ1v) is 7.67. The molecule has 1 heterocycles. The summed E-state index contributed by atoms with van der Waals surface area (Å²) in [6.07, 6.45) is 5.46. The standard InChI is InChI=1S/C15H24N4O/c1-3-16-12-8-13(18-14(17-12)9-20-2)19-15(10-4-5-10)11-6-7-11/h8,10-11,15H,3-7,9H2,1-2H3,(H2,16,17,18,19). The maximum Gasteiger partial charge on any atom is 0.158 e. The molecule has 2 aliphatic rings. The molecule has 2 aliphatic carbocycles. The number of nitrogens with one attached hydrogen (secondary N) is 2. The fourth-order valence-corrected chi connectivity index (χ4v) is 2.74. The van der Waals surface area contributed by atoms with Crippen LogP contribution >= 0.6 is 0 Å². The molecule has 2 fully saturated rings. The van der Waals surface area contributed by atoms with Gasteiger partial charge in [0.05, 0.1) is 0 Å². The Morgan fingerprint density at radius 3 is 2.40 bits per heavy atom. The Morgan fingerprint density at radius 2 is 1.85 bits per heavy atom. The highest BCUT2D eigenvalue weighted by Crippen LogP contribution is 2.45. The predicted octanol–water partition coefficient (Wildman–Crippen LogP) is 2.66. The fourth-order valence-electron chi connectivity index (χ4n) is 2.74. The average Bonchev–Trinajstić information content (AvgIpc) is 3.28. The highest BCUT2D eigenvalue weighted by atomic mass is 16.5. The van der Waals surface area contributed by atoms with Crippen molar-refractivity contribution in [2.24, 2.45) is 11.8 Å². The molecule has 0 aromatic carbocycles. The van der Waals surface area contributed by atoms with Gasteiger partial charge in [0, 0.05) is 25.8 Å². The van der Waals surface area contributed by atoms with Crippen LogP contribution in [0.15, 0.2) is 6.07 Å². The Morgan fingerprint density at radius 1 is 1.20 bits per heavy atom. The minimum Gasteiger partial charge on any atom is -0.377 e. The van der Waals surface area contributed by atoms with Crippen LogP contribution in [-0.4, -0.2) is 29.7 Å². The number of methoxy groups -OCH3 is 1. The molecule has 0 radical (unpaired) electrons. The summed E-state index contributed by atoms with van der Waals surface area (Å²) >= 11 is 0.